The van der Waals surface area contributed by atoms with Crippen LogP contribution in [0, 0.1) is 0 Å². The Hall–Kier alpha value is -2.37. The van der Waals surface area contributed by atoms with E-state index in [2.05, 4.69) is 32.9 Å². The molecule has 2 heterocycles. The van der Waals surface area contributed by atoms with E-state index in [1.807, 2.05) is 6.07 Å². The number of carboxylic acids is 2. The predicted molar refractivity (Wildman–Crippen MR) is 152 cm³/mol. The summed E-state index contributed by atoms with van der Waals surface area (Å²) in [7, 11) is 0. The molecular weight excluding hydrogens is 545 g/mol. The molecule has 0 aromatic heterocycles. The minimum Gasteiger partial charge on any atom is -0.481 e. The van der Waals surface area contributed by atoms with Crippen molar-refractivity contribution in [2.45, 2.75) is 87.3 Å². The second kappa shape index (κ2) is 13.1. The van der Waals surface area contributed by atoms with Crippen LogP contribution in [-0.2, 0) is 24.6 Å². The van der Waals surface area contributed by atoms with Crippen LogP contribution in [0.5, 0.6) is 0 Å². The van der Waals surface area contributed by atoms with Crippen molar-refractivity contribution in [3.05, 3.63) is 33.6 Å². The number of hydrogen-bond donors (Lipinski definition) is 2. The number of amides is 2. The van der Waals surface area contributed by atoms with E-state index in [4.69, 9.17) is 22.4 Å². The van der Waals surface area contributed by atoms with E-state index in [1.165, 1.54) is 38.9 Å². The van der Waals surface area contributed by atoms with Gasteiger partial charge in [0.05, 0.1) is 4.24 Å². The van der Waals surface area contributed by atoms with Crippen LogP contribution >= 0.6 is 35.7 Å². The van der Waals surface area contributed by atoms with Crippen LogP contribution in [0.15, 0.2) is 37.8 Å². The third-order valence-electron chi connectivity index (χ3n) is 6.34. The maximum absolute atomic E-state index is 13.6. The Bertz CT molecular complexity index is 1110. The average Bonchev–Trinajstić information content (AvgIpc) is 3.24. The monoisotopic (exact) mass is 578 g/mol. The Morgan fingerprint density at radius 1 is 0.816 bits per heavy atom. The van der Waals surface area contributed by atoms with Crippen LogP contribution < -0.4 is 0 Å². The molecular formula is C27H34N2O6S3. The highest BCUT2D eigenvalue weighted by atomic mass is 32.2. The van der Waals surface area contributed by atoms with E-state index in [9.17, 15) is 19.2 Å². The van der Waals surface area contributed by atoms with Crippen LogP contribution in [0.3, 0.4) is 0 Å². The predicted octanol–water partition coefficient (Wildman–Crippen LogP) is 5.64. The maximum atomic E-state index is 13.6. The van der Waals surface area contributed by atoms with Gasteiger partial charge in [0.2, 0.25) is 0 Å². The van der Waals surface area contributed by atoms with Gasteiger partial charge in [-0.1, -0.05) is 63.2 Å². The topological polar surface area (TPSA) is 115 Å². The van der Waals surface area contributed by atoms with Crippen molar-refractivity contribution in [3.8, 4) is 0 Å². The van der Waals surface area contributed by atoms with Gasteiger partial charge in [-0.3, -0.25) is 29.0 Å². The second-order valence-electron chi connectivity index (χ2n) is 10.4. The fourth-order valence-corrected chi connectivity index (χ4v) is 7.06. The molecule has 0 spiro atoms. The van der Waals surface area contributed by atoms with Gasteiger partial charge in [0.25, 0.3) is 11.8 Å². The van der Waals surface area contributed by atoms with Gasteiger partial charge >= 0.3 is 11.9 Å². The fraction of sp³-hybridized carbons (Fsp3) is 0.519. The molecule has 0 radical (unpaired) electrons. The van der Waals surface area contributed by atoms with Gasteiger partial charge in [0.1, 0.15) is 5.57 Å². The molecule has 2 N–H and O–H groups in total. The number of fused-ring (bicyclic) bond motifs is 1. The number of hydrogen-bond acceptors (Lipinski definition) is 7. The van der Waals surface area contributed by atoms with Crippen LogP contribution in [-0.4, -0.2) is 62.0 Å². The maximum Gasteiger partial charge on any atom is 0.303 e. The van der Waals surface area contributed by atoms with Gasteiger partial charge in [-0.25, -0.2) is 0 Å². The van der Waals surface area contributed by atoms with Crippen LogP contribution in [0.25, 0.3) is 0 Å². The lowest BCUT2D eigenvalue weighted by Gasteiger charge is -2.37. The van der Waals surface area contributed by atoms with Gasteiger partial charge in [0, 0.05) is 35.7 Å². The zero-order valence-electron chi connectivity index (χ0n) is 21.9. The lowest BCUT2D eigenvalue weighted by atomic mass is 9.87. The number of thioether (sulfide) groups is 2. The molecule has 2 aliphatic rings. The van der Waals surface area contributed by atoms with E-state index >= 15 is 0 Å². The van der Waals surface area contributed by atoms with Crippen LogP contribution in [0.4, 0.5) is 0 Å². The summed E-state index contributed by atoms with van der Waals surface area (Å²) >= 11 is 8.43. The first-order valence-electron chi connectivity index (χ1n) is 12.8. The first-order chi connectivity index (χ1) is 17.9. The van der Waals surface area contributed by atoms with Gasteiger partial charge in [-0.15, -0.1) is 0 Å². The van der Waals surface area contributed by atoms with Gasteiger partial charge in [0.15, 0.2) is 5.11 Å². The number of aliphatic carboxylic acids is 2. The molecule has 8 nitrogen and oxygen atoms in total. The molecule has 0 bridgehead atoms. The standard InChI is InChI=1S/C27H34N2O6S3/c1-27(2,3)17-12-13-18-19(16-17)38-25(37-18)22-23(34)28(14-8-4-6-10-20(30)31)26(36)29(24(22)35)15-9-5-7-11-21(32)33/h12-13,16H,4-11,14-15H2,1-3H3,(H,30,31)(H,32,33). The Morgan fingerprint density at radius 3 is 1.79 bits per heavy atom. The Balaban J connectivity index is 1.83. The Kier molecular flexibility index (Phi) is 10.4. The molecule has 0 atom stereocenters. The molecule has 3 rings (SSSR count). The number of rotatable bonds is 12. The van der Waals surface area contributed by atoms with Crippen LogP contribution in [0.1, 0.15) is 77.7 Å². The molecule has 2 amide bonds. The molecule has 11 heteroatoms. The number of unbranched alkanes of at least 4 members (excludes halogenated alkanes) is 4. The van der Waals surface area contributed by atoms with E-state index in [1.54, 1.807) is 0 Å². The van der Waals surface area contributed by atoms with Crippen molar-refractivity contribution in [2.24, 2.45) is 0 Å². The average molecular weight is 579 g/mol. The van der Waals surface area contributed by atoms with E-state index in [0.29, 0.717) is 55.9 Å². The normalized spacial score (nSPS) is 15.9. The molecule has 2 aliphatic heterocycles. The zero-order valence-corrected chi connectivity index (χ0v) is 24.4. The highest BCUT2D eigenvalue weighted by Gasteiger charge is 2.42. The van der Waals surface area contributed by atoms with Crippen molar-refractivity contribution < 1.29 is 29.4 Å². The summed E-state index contributed by atoms with van der Waals surface area (Å²) in [6, 6.07) is 6.22. The van der Waals surface area contributed by atoms with Gasteiger partial charge < -0.3 is 10.2 Å². The molecule has 0 saturated carbocycles. The van der Waals surface area contributed by atoms with Crippen molar-refractivity contribution in [1.82, 2.24) is 9.80 Å². The fourth-order valence-electron chi connectivity index (χ4n) is 4.16. The summed E-state index contributed by atoms with van der Waals surface area (Å²) in [4.78, 5) is 53.8. The van der Waals surface area contributed by atoms with E-state index in [-0.39, 0.29) is 28.9 Å². The summed E-state index contributed by atoms with van der Waals surface area (Å²) in [6.45, 7) is 7.01. The third kappa shape index (κ3) is 7.60. The number of nitrogens with zero attached hydrogens (tertiary/aromatic N) is 2. The third-order valence-corrected chi connectivity index (χ3v) is 9.33. The largest absolute Gasteiger partial charge is 0.481 e. The van der Waals surface area contributed by atoms with Crippen molar-refractivity contribution >= 4 is 64.6 Å². The zero-order chi connectivity index (χ0) is 28.0. The first-order valence-corrected chi connectivity index (χ1v) is 14.8. The molecule has 206 valence electrons. The number of carbonyl (C=O) groups is 4. The first kappa shape index (κ1) is 30.2. The van der Waals surface area contributed by atoms with Crippen molar-refractivity contribution in [2.75, 3.05) is 13.1 Å². The molecule has 0 unspecified atom stereocenters. The molecule has 1 aromatic carbocycles. The minimum absolute atomic E-state index is 0.0340. The summed E-state index contributed by atoms with van der Waals surface area (Å²) in [5.41, 5.74) is 1.25. The van der Waals surface area contributed by atoms with Crippen molar-refractivity contribution in [1.29, 1.82) is 0 Å². The smallest absolute Gasteiger partial charge is 0.303 e. The molecule has 1 saturated heterocycles. The van der Waals surface area contributed by atoms with Gasteiger partial charge in [-0.05, 0) is 61.0 Å². The molecule has 0 aliphatic carbocycles. The summed E-state index contributed by atoms with van der Waals surface area (Å²) in [5, 5.41) is 17.9. The Labute approximate surface area is 237 Å². The molecule has 38 heavy (non-hydrogen) atoms. The molecule has 1 aromatic rings. The Morgan fingerprint density at radius 2 is 1.32 bits per heavy atom. The quantitative estimate of drug-likeness (QED) is 0.141. The van der Waals surface area contributed by atoms with Crippen molar-refractivity contribution in [3.63, 3.8) is 0 Å². The second-order valence-corrected chi connectivity index (χ2v) is 13.1. The highest BCUT2D eigenvalue weighted by Crippen LogP contribution is 2.53. The number of carbonyl (C=O) groups excluding carboxylic acids is 2. The SMILES string of the molecule is CC(C)(C)c1ccc2c(c1)SC(=C1C(=O)N(CCCCCC(=O)O)C(=S)N(CCCCCC(=O)O)C1=O)S2. The van der Waals surface area contributed by atoms with Gasteiger partial charge in [-0.2, -0.15) is 0 Å². The summed E-state index contributed by atoms with van der Waals surface area (Å²) in [6.07, 6.45) is 3.52. The number of benzene rings is 1. The van der Waals surface area contributed by atoms with Crippen LogP contribution in [0.2, 0.25) is 0 Å². The highest BCUT2D eigenvalue weighted by molar-refractivity contribution is 8.24. The summed E-state index contributed by atoms with van der Waals surface area (Å²) < 4.78 is 0.635. The number of carboxylic acid groups (broad SMARTS) is 2. The lowest BCUT2D eigenvalue weighted by Crippen LogP contribution is -2.56. The van der Waals surface area contributed by atoms with E-state index < -0.39 is 23.8 Å². The summed E-state index contributed by atoms with van der Waals surface area (Å²) in [5.74, 6) is -2.55. The van der Waals surface area contributed by atoms with E-state index in [0.717, 1.165) is 9.79 Å². The minimum atomic E-state index is -0.856. The number of thiocarbonyl (C=S) groups is 1. The molecule has 1 fully saturated rings. The lowest BCUT2D eigenvalue weighted by molar-refractivity contribution is -0.138.